The molecule has 6 nitrogen and oxygen atoms in total. The molecule has 6 heteroatoms. The van der Waals surface area contributed by atoms with Crippen LogP contribution >= 0.6 is 0 Å². The van der Waals surface area contributed by atoms with Gasteiger partial charge < -0.3 is 15.1 Å². The van der Waals surface area contributed by atoms with Gasteiger partial charge in [0.2, 0.25) is 0 Å². The van der Waals surface area contributed by atoms with Crippen LogP contribution in [0.2, 0.25) is 0 Å². The molecule has 118 valence electrons. The zero-order valence-electron chi connectivity index (χ0n) is 12.7. The summed E-state index contributed by atoms with van der Waals surface area (Å²) in [5.41, 5.74) is 2.07. The summed E-state index contributed by atoms with van der Waals surface area (Å²) >= 11 is 0. The molecule has 0 saturated carbocycles. The van der Waals surface area contributed by atoms with Crippen molar-refractivity contribution in [3.8, 4) is 6.07 Å². The lowest BCUT2D eigenvalue weighted by molar-refractivity contribution is 0.102. The summed E-state index contributed by atoms with van der Waals surface area (Å²) in [5, 5.41) is 14.8. The lowest BCUT2D eigenvalue weighted by Gasteiger charge is -2.08. The van der Waals surface area contributed by atoms with Crippen molar-refractivity contribution in [3.63, 3.8) is 0 Å². The first kappa shape index (κ1) is 15.3. The summed E-state index contributed by atoms with van der Waals surface area (Å²) in [6, 6.07) is 15.9. The summed E-state index contributed by atoms with van der Waals surface area (Å²) in [4.78, 5) is 16.4. The zero-order valence-corrected chi connectivity index (χ0v) is 12.7. The van der Waals surface area contributed by atoms with Crippen molar-refractivity contribution in [1.82, 2.24) is 4.98 Å². The number of benzene rings is 1. The smallest absolute Gasteiger partial charge is 0.274 e. The Kier molecular flexibility index (Phi) is 4.54. The molecule has 24 heavy (non-hydrogen) atoms. The molecule has 1 amide bonds. The number of nitrogens with one attached hydrogen (secondary N) is 2. The first-order valence-corrected chi connectivity index (χ1v) is 7.28. The molecule has 2 heterocycles. The highest BCUT2D eigenvalue weighted by atomic mass is 16.3. The molecule has 2 aromatic heterocycles. The fraction of sp³-hybridized carbons (Fsp3) is 0.0556. The van der Waals surface area contributed by atoms with Crippen LogP contribution in [0.25, 0.3) is 0 Å². The Balaban J connectivity index is 1.68. The Labute approximate surface area is 138 Å². The number of pyridine rings is 1. The van der Waals surface area contributed by atoms with Crippen LogP contribution in [-0.2, 0) is 6.54 Å². The minimum atomic E-state index is -0.341. The van der Waals surface area contributed by atoms with Crippen molar-refractivity contribution >= 4 is 17.3 Å². The lowest BCUT2D eigenvalue weighted by atomic mass is 10.2. The Bertz CT molecular complexity index is 882. The third kappa shape index (κ3) is 3.78. The van der Waals surface area contributed by atoms with Gasteiger partial charge in [-0.05, 0) is 42.5 Å². The normalized spacial score (nSPS) is 9.96. The van der Waals surface area contributed by atoms with Crippen LogP contribution < -0.4 is 10.6 Å². The molecule has 1 aromatic carbocycles. The molecule has 3 aromatic rings. The van der Waals surface area contributed by atoms with Crippen molar-refractivity contribution in [2.75, 3.05) is 10.6 Å². The number of rotatable bonds is 5. The Morgan fingerprint density at radius 1 is 1.17 bits per heavy atom. The van der Waals surface area contributed by atoms with E-state index in [1.807, 2.05) is 18.2 Å². The minimum Gasteiger partial charge on any atom is -0.467 e. The van der Waals surface area contributed by atoms with Gasteiger partial charge in [0, 0.05) is 17.6 Å². The van der Waals surface area contributed by atoms with E-state index in [0.29, 0.717) is 17.8 Å². The number of carbonyl (C=O) groups excluding carboxylic acids is 1. The van der Waals surface area contributed by atoms with Crippen LogP contribution in [0.1, 0.15) is 21.8 Å². The van der Waals surface area contributed by atoms with Gasteiger partial charge in [-0.1, -0.05) is 6.07 Å². The Morgan fingerprint density at radius 2 is 2.08 bits per heavy atom. The number of hydrogen-bond acceptors (Lipinski definition) is 5. The standard InChI is InChI=1S/C18H14N4O2/c19-11-13-3-1-4-15(9-13)22-18(23)17-10-14(6-7-20-17)21-12-16-5-2-8-24-16/h1-10H,12H2,(H,20,21)(H,22,23). The summed E-state index contributed by atoms with van der Waals surface area (Å²) in [7, 11) is 0. The summed E-state index contributed by atoms with van der Waals surface area (Å²) in [5.74, 6) is 0.456. The van der Waals surface area contributed by atoms with E-state index in [0.717, 1.165) is 11.4 Å². The Hall–Kier alpha value is -3.59. The highest BCUT2D eigenvalue weighted by molar-refractivity contribution is 6.03. The van der Waals surface area contributed by atoms with Gasteiger partial charge in [0.1, 0.15) is 11.5 Å². The molecule has 0 aliphatic rings. The summed E-state index contributed by atoms with van der Waals surface area (Å²) in [6.45, 7) is 0.516. The molecule has 0 unspecified atom stereocenters. The van der Waals surface area contributed by atoms with Crippen LogP contribution in [0, 0.1) is 11.3 Å². The molecular formula is C18H14N4O2. The van der Waals surface area contributed by atoms with Gasteiger partial charge in [-0.25, -0.2) is 0 Å². The largest absolute Gasteiger partial charge is 0.467 e. The van der Waals surface area contributed by atoms with Crippen LogP contribution in [0.5, 0.6) is 0 Å². The SMILES string of the molecule is N#Cc1cccc(NC(=O)c2cc(NCc3ccco3)ccn2)c1. The fourth-order valence-electron chi connectivity index (χ4n) is 2.13. The molecule has 3 rings (SSSR count). The molecule has 0 spiro atoms. The predicted molar refractivity (Wildman–Crippen MR) is 89.4 cm³/mol. The maximum Gasteiger partial charge on any atom is 0.274 e. The van der Waals surface area contributed by atoms with Crippen LogP contribution in [0.4, 0.5) is 11.4 Å². The predicted octanol–water partition coefficient (Wildman–Crippen LogP) is 3.41. The molecule has 0 saturated heterocycles. The van der Waals surface area contributed by atoms with E-state index in [9.17, 15) is 4.79 Å². The second-order valence-electron chi connectivity index (χ2n) is 5.01. The quantitative estimate of drug-likeness (QED) is 0.752. The van der Waals surface area contributed by atoms with Gasteiger partial charge >= 0.3 is 0 Å². The summed E-state index contributed by atoms with van der Waals surface area (Å²) < 4.78 is 5.25. The average molecular weight is 318 g/mol. The minimum absolute atomic E-state index is 0.279. The highest BCUT2D eigenvalue weighted by Crippen LogP contribution is 2.14. The highest BCUT2D eigenvalue weighted by Gasteiger charge is 2.09. The van der Waals surface area contributed by atoms with E-state index in [1.54, 1.807) is 48.9 Å². The molecule has 0 radical (unpaired) electrons. The molecule has 0 atom stereocenters. The third-order valence-electron chi connectivity index (χ3n) is 3.29. The lowest BCUT2D eigenvalue weighted by Crippen LogP contribution is -2.14. The molecule has 0 aliphatic heterocycles. The van der Waals surface area contributed by atoms with Crippen molar-refractivity contribution < 1.29 is 9.21 Å². The molecule has 0 aliphatic carbocycles. The van der Waals surface area contributed by atoms with E-state index in [1.165, 1.54) is 0 Å². The maximum atomic E-state index is 12.3. The number of hydrogen-bond donors (Lipinski definition) is 2. The van der Waals surface area contributed by atoms with Crippen LogP contribution in [-0.4, -0.2) is 10.9 Å². The summed E-state index contributed by atoms with van der Waals surface area (Å²) in [6.07, 6.45) is 3.17. The van der Waals surface area contributed by atoms with E-state index in [-0.39, 0.29) is 11.6 Å². The van der Waals surface area contributed by atoms with Crippen LogP contribution in [0.15, 0.2) is 65.4 Å². The second-order valence-corrected chi connectivity index (χ2v) is 5.01. The van der Waals surface area contributed by atoms with Crippen molar-refractivity contribution in [2.45, 2.75) is 6.54 Å². The Morgan fingerprint density at radius 3 is 2.88 bits per heavy atom. The number of amides is 1. The average Bonchev–Trinajstić information content (AvgIpc) is 3.14. The van der Waals surface area contributed by atoms with E-state index < -0.39 is 0 Å². The first-order valence-electron chi connectivity index (χ1n) is 7.28. The van der Waals surface area contributed by atoms with Gasteiger partial charge in [-0.15, -0.1) is 0 Å². The number of furan rings is 1. The van der Waals surface area contributed by atoms with Gasteiger partial charge in [0.15, 0.2) is 0 Å². The number of nitriles is 1. The van der Waals surface area contributed by atoms with Gasteiger partial charge in [-0.2, -0.15) is 5.26 Å². The molecule has 2 N–H and O–H groups in total. The van der Waals surface area contributed by atoms with Gasteiger partial charge in [0.25, 0.3) is 5.91 Å². The number of nitrogens with zero attached hydrogens (tertiary/aromatic N) is 2. The molecule has 0 fully saturated rings. The second kappa shape index (κ2) is 7.11. The maximum absolute atomic E-state index is 12.3. The van der Waals surface area contributed by atoms with E-state index in [2.05, 4.69) is 15.6 Å². The topological polar surface area (TPSA) is 91.0 Å². The monoisotopic (exact) mass is 318 g/mol. The van der Waals surface area contributed by atoms with E-state index >= 15 is 0 Å². The fourth-order valence-corrected chi connectivity index (χ4v) is 2.13. The van der Waals surface area contributed by atoms with Crippen LogP contribution in [0.3, 0.4) is 0 Å². The zero-order chi connectivity index (χ0) is 16.8. The van der Waals surface area contributed by atoms with Crippen molar-refractivity contribution in [2.24, 2.45) is 0 Å². The van der Waals surface area contributed by atoms with Crippen molar-refractivity contribution in [3.05, 3.63) is 78.0 Å². The first-order chi connectivity index (χ1) is 11.7. The van der Waals surface area contributed by atoms with Gasteiger partial charge in [0.05, 0.1) is 24.4 Å². The third-order valence-corrected chi connectivity index (χ3v) is 3.29. The number of anilines is 2. The van der Waals surface area contributed by atoms with Crippen molar-refractivity contribution in [1.29, 1.82) is 5.26 Å². The number of aromatic nitrogens is 1. The molecular weight excluding hydrogens is 304 g/mol. The van der Waals surface area contributed by atoms with E-state index in [4.69, 9.17) is 9.68 Å². The van der Waals surface area contributed by atoms with Gasteiger partial charge in [-0.3, -0.25) is 9.78 Å². The number of carbonyl (C=O) groups is 1. The molecule has 0 bridgehead atoms.